The minimum Gasteiger partial charge on any atom is -0.272 e. The summed E-state index contributed by atoms with van der Waals surface area (Å²) in [7, 11) is 0. The van der Waals surface area contributed by atoms with Crippen LogP contribution in [0.3, 0.4) is 0 Å². The van der Waals surface area contributed by atoms with Crippen LogP contribution >= 0.6 is 11.3 Å². The molecule has 1 aromatic heterocycles. The summed E-state index contributed by atoms with van der Waals surface area (Å²) in [6.07, 6.45) is 7.25. The van der Waals surface area contributed by atoms with Gasteiger partial charge in [0.05, 0.1) is 16.3 Å². The average Bonchev–Trinajstić information content (AvgIpc) is 3.19. The van der Waals surface area contributed by atoms with Crippen LogP contribution in [-0.4, -0.2) is 4.57 Å². The summed E-state index contributed by atoms with van der Waals surface area (Å²) in [6, 6.07) is 30.7. The minimum absolute atomic E-state index is 0.0344. The summed E-state index contributed by atoms with van der Waals surface area (Å²) in [4.78, 5) is 19.6. The van der Waals surface area contributed by atoms with E-state index in [0.29, 0.717) is 0 Å². The third kappa shape index (κ3) is 3.80. The van der Waals surface area contributed by atoms with Gasteiger partial charge in [0, 0.05) is 0 Å². The first-order valence-corrected chi connectivity index (χ1v) is 12.5. The van der Waals surface area contributed by atoms with E-state index in [-0.39, 0.29) is 11.6 Å². The lowest BCUT2D eigenvalue weighted by atomic mass is 9.84. The Labute approximate surface area is 202 Å². The second kappa shape index (κ2) is 8.88. The Hall–Kier alpha value is -3.76. The zero-order valence-corrected chi connectivity index (χ0v) is 19.5. The molecule has 166 valence electrons. The van der Waals surface area contributed by atoms with Gasteiger partial charge >= 0.3 is 0 Å². The maximum absolute atomic E-state index is 13.7. The molecule has 34 heavy (non-hydrogen) atoms. The third-order valence-electron chi connectivity index (χ3n) is 6.49. The topological polar surface area (TPSA) is 34.4 Å². The molecule has 0 saturated heterocycles. The van der Waals surface area contributed by atoms with Crippen molar-refractivity contribution < 1.29 is 0 Å². The molecule has 2 heterocycles. The normalized spacial score (nSPS) is 19.0. The van der Waals surface area contributed by atoms with Crippen molar-refractivity contribution in [1.82, 2.24) is 4.57 Å². The number of allylic oxidation sites excluding steroid dienone is 2. The molecule has 0 spiro atoms. The van der Waals surface area contributed by atoms with E-state index in [0.717, 1.165) is 45.4 Å². The first-order valence-electron chi connectivity index (χ1n) is 11.7. The van der Waals surface area contributed by atoms with Crippen LogP contribution in [0.4, 0.5) is 0 Å². The SMILES string of the molecule is O=c1/c(=C/c2ccccc2)sc2n1C(c1ccccc1)C1=C(N=2)/C(=C/c2ccccc2)CCC1. The molecule has 2 aliphatic rings. The highest BCUT2D eigenvalue weighted by Crippen LogP contribution is 2.40. The summed E-state index contributed by atoms with van der Waals surface area (Å²) in [5.41, 5.74) is 6.96. The monoisotopic (exact) mass is 460 g/mol. The lowest BCUT2D eigenvalue weighted by Gasteiger charge is -2.31. The third-order valence-corrected chi connectivity index (χ3v) is 7.47. The summed E-state index contributed by atoms with van der Waals surface area (Å²) in [6.45, 7) is 0. The molecular formula is C30H24N2OS. The van der Waals surface area contributed by atoms with Crippen molar-refractivity contribution in [2.24, 2.45) is 4.99 Å². The molecule has 0 radical (unpaired) electrons. The van der Waals surface area contributed by atoms with Crippen LogP contribution in [-0.2, 0) is 0 Å². The van der Waals surface area contributed by atoms with Crippen molar-refractivity contribution in [3.63, 3.8) is 0 Å². The van der Waals surface area contributed by atoms with Crippen LogP contribution in [0.5, 0.6) is 0 Å². The Morgan fingerprint density at radius 2 is 1.41 bits per heavy atom. The second-order valence-electron chi connectivity index (χ2n) is 8.71. The maximum Gasteiger partial charge on any atom is 0.271 e. The quantitative estimate of drug-likeness (QED) is 0.398. The van der Waals surface area contributed by atoms with Gasteiger partial charge in [-0.25, -0.2) is 4.99 Å². The van der Waals surface area contributed by atoms with E-state index in [1.807, 2.05) is 53.1 Å². The standard InChI is InChI=1S/C30H24N2OS/c33-29-26(20-22-13-6-2-7-14-22)34-30-31-27-24(19-21-11-4-1-5-12-21)17-10-18-25(27)28(32(29)30)23-15-8-3-9-16-23/h1-9,11-16,19-20,28H,10,17-18H2/b24-19+,26-20-. The predicted octanol–water partition coefficient (Wildman–Crippen LogP) is 5.48. The number of benzene rings is 3. The lowest BCUT2D eigenvalue weighted by molar-refractivity contribution is 0.553. The fourth-order valence-corrected chi connectivity index (χ4v) is 5.94. The molecule has 4 aromatic rings. The van der Waals surface area contributed by atoms with Gasteiger partial charge in [0.1, 0.15) is 0 Å². The predicted molar refractivity (Wildman–Crippen MR) is 139 cm³/mol. The number of aromatic nitrogens is 1. The van der Waals surface area contributed by atoms with Gasteiger partial charge in [-0.15, -0.1) is 0 Å². The molecule has 0 saturated carbocycles. The zero-order chi connectivity index (χ0) is 22.9. The Morgan fingerprint density at radius 1 is 0.794 bits per heavy atom. The van der Waals surface area contributed by atoms with Crippen molar-refractivity contribution in [1.29, 1.82) is 0 Å². The number of hydrogen-bond donors (Lipinski definition) is 0. The minimum atomic E-state index is -0.121. The van der Waals surface area contributed by atoms with Crippen LogP contribution < -0.4 is 14.9 Å². The summed E-state index contributed by atoms with van der Waals surface area (Å²) < 4.78 is 2.64. The summed E-state index contributed by atoms with van der Waals surface area (Å²) >= 11 is 1.49. The molecule has 4 heteroatoms. The van der Waals surface area contributed by atoms with Gasteiger partial charge in [0.15, 0.2) is 4.80 Å². The van der Waals surface area contributed by atoms with Crippen LogP contribution in [0.2, 0.25) is 0 Å². The smallest absolute Gasteiger partial charge is 0.271 e. The van der Waals surface area contributed by atoms with E-state index in [9.17, 15) is 4.79 Å². The number of hydrogen-bond acceptors (Lipinski definition) is 3. The van der Waals surface area contributed by atoms with Crippen molar-refractivity contribution in [3.8, 4) is 0 Å². The summed E-state index contributed by atoms with van der Waals surface area (Å²) in [5.74, 6) is 0. The number of thiazole rings is 1. The second-order valence-corrected chi connectivity index (χ2v) is 9.72. The van der Waals surface area contributed by atoms with Crippen LogP contribution in [0.15, 0.2) is 118 Å². The molecule has 1 atom stereocenters. The van der Waals surface area contributed by atoms with Crippen molar-refractivity contribution >= 4 is 23.5 Å². The van der Waals surface area contributed by atoms with Gasteiger partial charge < -0.3 is 0 Å². The molecule has 6 rings (SSSR count). The van der Waals surface area contributed by atoms with E-state index in [1.165, 1.54) is 28.0 Å². The molecule has 1 unspecified atom stereocenters. The van der Waals surface area contributed by atoms with E-state index < -0.39 is 0 Å². The fraction of sp³-hybridized carbons (Fsp3) is 0.133. The molecular weight excluding hydrogens is 436 g/mol. The van der Waals surface area contributed by atoms with Crippen LogP contribution in [0, 0.1) is 0 Å². The Morgan fingerprint density at radius 3 is 2.09 bits per heavy atom. The molecule has 0 fully saturated rings. The van der Waals surface area contributed by atoms with Gasteiger partial charge in [-0.1, -0.05) is 102 Å². The first kappa shape index (κ1) is 20.8. The number of rotatable bonds is 3. The highest BCUT2D eigenvalue weighted by atomic mass is 32.1. The average molecular weight is 461 g/mol. The first-order chi connectivity index (χ1) is 16.8. The van der Waals surface area contributed by atoms with Gasteiger partial charge in [-0.3, -0.25) is 9.36 Å². The van der Waals surface area contributed by atoms with Gasteiger partial charge in [-0.2, -0.15) is 0 Å². The number of fused-ring (bicyclic) bond motifs is 1. The van der Waals surface area contributed by atoms with Crippen molar-refractivity contribution in [3.05, 3.63) is 144 Å². The zero-order valence-electron chi connectivity index (χ0n) is 18.7. The molecule has 0 amide bonds. The van der Waals surface area contributed by atoms with Crippen molar-refractivity contribution in [2.75, 3.05) is 0 Å². The Kier molecular flexibility index (Phi) is 5.44. The molecule has 1 aliphatic heterocycles. The van der Waals surface area contributed by atoms with Crippen LogP contribution in [0.25, 0.3) is 12.2 Å². The van der Waals surface area contributed by atoms with E-state index >= 15 is 0 Å². The molecule has 0 N–H and O–H groups in total. The summed E-state index contributed by atoms with van der Waals surface area (Å²) in [5, 5.41) is 0. The Balaban J connectivity index is 1.59. The van der Waals surface area contributed by atoms with Gasteiger partial charge in [-0.05, 0) is 59.3 Å². The van der Waals surface area contributed by atoms with E-state index in [1.54, 1.807) is 0 Å². The van der Waals surface area contributed by atoms with Gasteiger partial charge in [0.25, 0.3) is 5.56 Å². The van der Waals surface area contributed by atoms with Crippen molar-refractivity contribution in [2.45, 2.75) is 25.3 Å². The Bertz CT molecular complexity index is 1580. The van der Waals surface area contributed by atoms with E-state index in [2.05, 4.69) is 54.6 Å². The largest absolute Gasteiger partial charge is 0.272 e. The van der Waals surface area contributed by atoms with E-state index in [4.69, 9.17) is 4.99 Å². The molecule has 3 aromatic carbocycles. The van der Waals surface area contributed by atoms with Gasteiger partial charge in [0.2, 0.25) is 0 Å². The molecule has 0 bridgehead atoms. The molecule has 3 nitrogen and oxygen atoms in total. The number of nitrogens with zero attached hydrogens (tertiary/aromatic N) is 2. The molecule has 1 aliphatic carbocycles. The highest BCUT2D eigenvalue weighted by Gasteiger charge is 2.32. The lowest BCUT2D eigenvalue weighted by Crippen LogP contribution is -2.39. The maximum atomic E-state index is 13.7. The van der Waals surface area contributed by atoms with Crippen LogP contribution in [0.1, 0.15) is 42.0 Å². The fourth-order valence-electron chi connectivity index (χ4n) is 4.94. The highest BCUT2D eigenvalue weighted by molar-refractivity contribution is 7.07.